The van der Waals surface area contributed by atoms with E-state index in [2.05, 4.69) is 5.32 Å². The van der Waals surface area contributed by atoms with Crippen molar-refractivity contribution in [3.63, 3.8) is 0 Å². The molecule has 1 fully saturated rings. The molecular formula is C20H28N2O5. The molecule has 1 N–H and O–H groups in total. The quantitative estimate of drug-likeness (QED) is 0.770. The van der Waals surface area contributed by atoms with Gasteiger partial charge in [0.05, 0.1) is 6.04 Å². The minimum absolute atomic E-state index is 0.181. The summed E-state index contributed by atoms with van der Waals surface area (Å²) in [6, 6.07) is 8.96. The Bertz CT molecular complexity index is 642. The lowest BCUT2D eigenvalue weighted by atomic mass is 10.1. The van der Waals surface area contributed by atoms with Gasteiger partial charge in [0.15, 0.2) is 0 Å². The summed E-state index contributed by atoms with van der Waals surface area (Å²) in [5.41, 5.74) is 0.271. The van der Waals surface area contributed by atoms with Crippen molar-refractivity contribution in [2.24, 2.45) is 0 Å². The summed E-state index contributed by atoms with van der Waals surface area (Å²) in [6.07, 6.45) is 1.46. The summed E-state index contributed by atoms with van der Waals surface area (Å²) in [7, 11) is 0. The molecule has 1 aromatic rings. The maximum Gasteiger partial charge on any atom is 0.410 e. The van der Waals surface area contributed by atoms with Gasteiger partial charge in [0, 0.05) is 19.0 Å². The number of nitrogens with one attached hydrogen (secondary N) is 1. The molecule has 1 aliphatic heterocycles. The number of carbonyl (C=O) groups excluding carboxylic acids is 3. The van der Waals surface area contributed by atoms with Crippen molar-refractivity contribution in [1.82, 2.24) is 10.2 Å². The molecule has 0 aliphatic carbocycles. The van der Waals surface area contributed by atoms with Gasteiger partial charge in [0.1, 0.15) is 18.5 Å². The highest BCUT2D eigenvalue weighted by molar-refractivity contribution is 5.71. The number of carbonyl (C=O) groups is 3. The molecule has 2 rings (SSSR count). The van der Waals surface area contributed by atoms with Crippen LogP contribution in [-0.4, -0.2) is 47.6 Å². The molecule has 0 radical (unpaired) electrons. The standard InChI is InChI=1S/C20H28N2O5/c1-20(2,3)27-19(25)22-16(11-12-23)9-10-17(22)13-21-18(24)26-14-15-7-5-4-6-8-15/h4-8,12,16-17H,9-11,13-14H2,1-3H3,(H,21,24)/t16-,17+/m0/s1. The molecule has 1 aromatic carbocycles. The second-order valence-corrected chi connectivity index (χ2v) is 7.62. The Morgan fingerprint density at radius 3 is 2.48 bits per heavy atom. The molecule has 2 atom stereocenters. The summed E-state index contributed by atoms with van der Waals surface area (Å²) < 4.78 is 10.7. The number of hydrogen-bond acceptors (Lipinski definition) is 5. The third kappa shape index (κ3) is 6.58. The van der Waals surface area contributed by atoms with Crippen LogP contribution < -0.4 is 5.32 Å². The Morgan fingerprint density at radius 2 is 1.85 bits per heavy atom. The number of amides is 2. The highest BCUT2D eigenvalue weighted by Gasteiger charge is 2.39. The SMILES string of the molecule is CC(C)(C)OC(=O)N1[C@H](CC=O)CC[C@@H]1CNC(=O)OCc1ccccc1. The van der Waals surface area contributed by atoms with Crippen molar-refractivity contribution < 1.29 is 23.9 Å². The molecule has 0 saturated carbocycles. The molecule has 7 heteroatoms. The maximum atomic E-state index is 12.6. The molecule has 7 nitrogen and oxygen atoms in total. The first-order valence-electron chi connectivity index (χ1n) is 9.19. The van der Waals surface area contributed by atoms with Gasteiger partial charge >= 0.3 is 12.2 Å². The number of rotatable bonds is 6. The lowest BCUT2D eigenvalue weighted by molar-refractivity contribution is -0.108. The van der Waals surface area contributed by atoms with E-state index in [-0.39, 0.29) is 31.7 Å². The molecule has 1 aliphatic rings. The predicted octanol–water partition coefficient (Wildman–Crippen LogP) is 3.27. The number of nitrogens with zero attached hydrogens (tertiary/aromatic N) is 1. The average molecular weight is 376 g/mol. The largest absolute Gasteiger partial charge is 0.445 e. The van der Waals surface area contributed by atoms with Crippen LogP contribution in [0.15, 0.2) is 30.3 Å². The van der Waals surface area contributed by atoms with Crippen LogP contribution in [0.5, 0.6) is 0 Å². The van der Waals surface area contributed by atoms with Gasteiger partial charge in [-0.1, -0.05) is 30.3 Å². The first-order chi connectivity index (χ1) is 12.8. The Kier molecular flexibility index (Phi) is 7.21. The zero-order valence-corrected chi connectivity index (χ0v) is 16.1. The van der Waals surface area contributed by atoms with Crippen molar-refractivity contribution in [1.29, 1.82) is 0 Å². The zero-order chi connectivity index (χ0) is 19.9. The van der Waals surface area contributed by atoms with Gasteiger partial charge < -0.3 is 24.5 Å². The van der Waals surface area contributed by atoms with Crippen molar-refractivity contribution in [2.45, 2.75) is 64.3 Å². The van der Waals surface area contributed by atoms with Gasteiger partial charge in [-0.2, -0.15) is 0 Å². The Morgan fingerprint density at radius 1 is 1.19 bits per heavy atom. The lowest BCUT2D eigenvalue weighted by Crippen LogP contribution is -2.48. The van der Waals surface area contributed by atoms with Gasteiger partial charge in [-0.05, 0) is 39.2 Å². The van der Waals surface area contributed by atoms with E-state index in [0.29, 0.717) is 12.8 Å². The zero-order valence-electron chi connectivity index (χ0n) is 16.1. The normalized spacial score (nSPS) is 19.4. The van der Waals surface area contributed by atoms with Crippen LogP contribution >= 0.6 is 0 Å². The van der Waals surface area contributed by atoms with Gasteiger partial charge in [0.2, 0.25) is 0 Å². The smallest absolute Gasteiger partial charge is 0.410 e. The van der Waals surface area contributed by atoms with E-state index in [1.807, 2.05) is 30.3 Å². The third-order valence-electron chi connectivity index (χ3n) is 4.29. The van der Waals surface area contributed by atoms with E-state index in [9.17, 15) is 14.4 Å². The molecule has 148 valence electrons. The second kappa shape index (κ2) is 9.39. The summed E-state index contributed by atoms with van der Waals surface area (Å²) in [5, 5.41) is 2.71. The molecule has 0 bridgehead atoms. The Labute approximate surface area is 160 Å². The number of ether oxygens (including phenoxy) is 2. The van der Waals surface area contributed by atoms with E-state index in [4.69, 9.17) is 9.47 Å². The van der Waals surface area contributed by atoms with Gasteiger partial charge in [0.25, 0.3) is 0 Å². The molecule has 2 amide bonds. The third-order valence-corrected chi connectivity index (χ3v) is 4.29. The highest BCUT2D eigenvalue weighted by Crippen LogP contribution is 2.27. The fourth-order valence-corrected chi connectivity index (χ4v) is 3.09. The highest BCUT2D eigenvalue weighted by atomic mass is 16.6. The van der Waals surface area contributed by atoms with Crippen LogP contribution in [0.3, 0.4) is 0 Å². The summed E-state index contributed by atoms with van der Waals surface area (Å²) in [6.45, 7) is 5.82. The lowest BCUT2D eigenvalue weighted by Gasteiger charge is -2.32. The molecule has 0 aromatic heterocycles. The van der Waals surface area contributed by atoms with Crippen LogP contribution in [0.4, 0.5) is 9.59 Å². The second-order valence-electron chi connectivity index (χ2n) is 7.62. The Balaban J connectivity index is 1.89. The average Bonchev–Trinajstić information content (AvgIpc) is 3.01. The van der Waals surface area contributed by atoms with Crippen LogP contribution in [0, 0.1) is 0 Å². The maximum absolute atomic E-state index is 12.6. The van der Waals surface area contributed by atoms with E-state index in [1.54, 1.807) is 25.7 Å². The molecule has 1 heterocycles. The number of aldehydes is 1. The van der Waals surface area contributed by atoms with E-state index in [1.165, 1.54) is 0 Å². The van der Waals surface area contributed by atoms with Crippen molar-refractivity contribution in [2.75, 3.05) is 6.54 Å². The van der Waals surface area contributed by atoms with Gasteiger partial charge in [-0.15, -0.1) is 0 Å². The van der Waals surface area contributed by atoms with Crippen molar-refractivity contribution in [3.05, 3.63) is 35.9 Å². The molecular weight excluding hydrogens is 348 g/mol. The van der Waals surface area contributed by atoms with Crippen LogP contribution in [0.2, 0.25) is 0 Å². The van der Waals surface area contributed by atoms with Crippen LogP contribution in [0.1, 0.15) is 45.6 Å². The van der Waals surface area contributed by atoms with Crippen LogP contribution in [0.25, 0.3) is 0 Å². The topological polar surface area (TPSA) is 84.9 Å². The molecule has 27 heavy (non-hydrogen) atoms. The predicted molar refractivity (Wildman–Crippen MR) is 100 cm³/mol. The fraction of sp³-hybridized carbons (Fsp3) is 0.550. The minimum Gasteiger partial charge on any atom is -0.445 e. The molecule has 0 unspecified atom stereocenters. The van der Waals surface area contributed by atoms with Crippen molar-refractivity contribution in [3.8, 4) is 0 Å². The number of benzene rings is 1. The fourth-order valence-electron chi connectivity index (χ4n) is 3.09. The summed E-state index contributed by atoms with van der Waals surface area (Å²) in [4.78, 5) is 37.0. The minimum atomic E-state index is -0.627. The van der Waals surface area contributed by atoms with Crippen molar-refractivity contribution >= 4 is 18.5 Å². The van der Waals surface area contributed by atoms with Gasteiger partial charge in [-0.25, -0.2) is 9.59 Å². The monoisotopic (exact) mass is 376 g/mol. The molecule has 0 spiro atoms. The van der Waals surface area contributed by atoms with E-state index < -0.39 is 17.8 Å². The van der Waals surface area contributed by atoms with Crippen LogP contribution in [-0.2, 0) is 20.9 Å². The summed E-state index contributed by atoms with van der Waals surface area (Å²) in [5.74, 6) is 0. The first kappa shape index (κ1) is 20.7. The van der Waals surface area contributed by atoms with E-state index >= 15 is 0 Å². The van der Waals surface area contributed by atoms with E-state index in [0.717, 1.165) is 11.8 Å². The number of likely N-dealkylation sites (tertiary alicyclic amines) is 1. The Hall–Kier alpha value is -2.57. The molecule has 1 saturated heterocycles. The first-order valence-corrected chi connectivity index (χ1v) is 9.19. The number of hydrogen-bond donors (Lipinski definition) is 1. The summed E-state index contributed by atoms with van der Waals surface area (Å²) >= 11 is 0. The van der Waals surface area contributed by atoms with Gasteiger partial charge in [-0.3, -0.25) is 0 Å². The number of alkyl carbamates (subject to hydrolysis) is 1.